The van der Waals surface area contributed by atoms with E-state index >= 15 is 0 Å². The highest BCUT2D eigenvalue weighted by atomic mass is 79.9. The second-order valence-electron chi connectivity index (χ2n) is 3.53. The summed E-state index contributed by atoms with van der Waals surface area (Å²) < 4.78 is 0.777. The van der Waals surface area contributed by atoms with Crippen molar-refractivity contribution in [3.8, 4) is 0 Å². The minimum atomic E-state index is -0.330. The Morgan fingerprint density at radius 3 is 2.89 bits per heavy atom. The van der Waals surface area contributed by atoms with Gasteiger partial charge < -0.3 is 11.1 Å². The quantitative estimate of drug-likeness (QED) is 0.657. The van der Waals surface area contributed by atoms with E-state index in [1.807, 2.05) is 0 Å². The molecular weight excluding hydrogens is 318 g/mol. The van der Waals surface area contributed by atoms with Crippen molar-refractivity contribution in [1.82, 2.24) is 4.98 Å². The highest BCUT2D eigenvalue weighted by molar-refractivity contribution is 9.10. The number of hydrogen-bond acceptors (Lipinski definition) is 3. The number of benzene rings is 1. The molecule has 1 heterocycles. The molecule has 6 heteroatoms. The average Bonchev–Trinajstić information content (AvgIpc) is 2.35. The zero-order valence-corrected chi connectivity index (χ0v) is 11.5. The van der Waals surface area contributed by atoms with Crippen molar-refractivity contribution in [3.05, 3.63) is 51.7 Å². The van der Waals surface area contributed by atoms with Crippen LogP contribution in [-0.4, -0.2) is 10.9 Å². The van der Waals surface area contributed by atoms with Crippen molar-refractivity contribution in [2.75, 3.05) is 11.1 Å². The van der Waals surface area contributed by atoms with Crippen LogP contribution in [0.4, 0.5) is 11.4 Å². The SMILES string of the molecule is Nc1ccc(Br)cc1C(=O)Nc1cccnc1Cl. The molecule has 0 bridgehead atoms. The first kappa shape index (κ1) is 12.9. The summed E-state index contributed by atoms with van der Waals surface area (Å²) in [5.41, 5.74) is 6.98. The van der Waals surface area contributed by atoms with Crippen LogP contribution in [0.1, 0.15) is 10.4 Å². The molecule has 2 aromatic rings. The number of nitrogen functional groups attached to an aromatic ring is 1. The lowest BCUT2D eigenvalue weighted by Crippen LogP contribution is -2.14. The number of anilines is 2. The predicted octanol–water partition coefficient (Wildman–Crippen LogP) is 3.33. The fraction of sp³-hybridized carbons (Fsp3) is 0. The number of aromatic nitrogens is 1. The number of amides is 1. The first-order valence-electron chi connectivity index (χ1n) is 5.05. The summed E-state index contributed by atoms with van der Waals surface area (Å²) in [4.78, 5) is 15.9. The highest BCUT2D eigenvalue weighted by Gasteiger charge is 2.12. The van der Waals surface area contributed by atoms with Crippen LogP contribution >= 0.6 is 27.5 Å². The van der Waals surface area contributed by atoms with Gasteiger partial charge in [-0.1, -0.05) is 27.5 Å². The molecular formula is C12H9BrClN3O. The van der Waals surface area contributed by atoms with Gasteiger partial charge in [0.2, 0.25) is 0 Å². The van der Waals surface area contributed by atoms with E-state index in [-0.39, 0.29) is 11.1 Å². The molecule has 1 aromatic carbocycles. The summed E-state index contributed by atoms with van der Waals surface area (Å²) in [6.07, 6.45) is 1.55. The zero-order chi connectivity index (χ0) is 13.1. The Labute approximate surface area is 117 Å². The maximum Gasteiger partial charge on any atom is 0.257 e. The van der Waals surface area contributed by atoms with Crippen LogP contribution in [0, 0.1) is 0 Å². The fourth-order valence-corrected chi connectivity index (χ4v) is 1.92. The second-order valence-corrected chi connectivity index (χ2v) is 4.80. The predicted molar refractivity (Wildman–Crippen MR) is 75.8 cm³/mol. The molecule has 1 aromatic heterocycles. The van der Waals surface area contributed by atoms with Crippen LogP contribution in [-0.2, 0) is 0 Å². The summed E-state index contributed by atoms with van der Waals surface area (Å²) in [7, 11) is 0. The Balaban J connectivity index is 2.28. The van der Waals surface area contributed by atoms with Crippen molar-refractivity contribution in [2.24, 2.45) is 0 Å². The monoisotopic (exact) mass is 325 g/mol. The second kappa shape index (κ2) is 5.37. The van der Waals surface area contributed by atoms with Gasteiger partial charge in [0.25, 0.3) is 5.91 Å². The van der Waals surface area contributed by atoms with Crippen LogP contribution in [0.3, 0.4) is 0 Å². The van der Waals surface area contributed by atoms with Crippen molar-refractivity contribution >= 4 is 44.8 Å². The van der Waals surface area contributed by atoms with Crippen molar-refractivity contribution in [2.45, 2.75) is 0 Å². The molecule has 4 nitrogen and oxygen atoms in total. The van der Waals surface area contributed by atoms with Crippen LogP contribution < -0.4 is 11.1 Å². The van der Waals surface area contributed by atoms with Gasteiger partial charge >= 0.3 is 0 Å². The Morgan fingerprint density at radius 1 is 1.39 bits per heavy atom. The minimum absolute atomic E-state index is 0.236. The highest BCUT2D eigenvalue weighted by Crippen LogP contribution is 2.22. The summed E-state index contributed by atoms with van der Waals surface area (Å²) >= 11 is 9.15. The molecule has 18 heavy (non-hydrogen) atoms. The van der Waals surface area contributed by atoms with E-state index in [1.165, 1.54) is 0 Å². The number of pyridine rings is 1. The van der Waals surface area contributed by atoms with Gasteiger partial charge in [0.05, 0.1) is 11.3 Å². The van der Waals surface area contributed by atoms with E-state index in [0.29, 0.717) is 16.9 Å². The molecule has 2 rings (SSSR count). The summed E-state index contributed by atoms with van der Waals surface area (Å²) in [5.74, 6) is -0.330. The van der Waals surface area contributed by atoms with E-state index in [4.69, 9.17) is 17.3 Å². The third-order valence-electron chi connectivity index (χ3n) is 2.27. The van der Waals surface area contributed by atoms with Crippen molar-refractivity contribution in [1.29, 1.82) is 0 Å². The summed E-state index contributed by atoms with van der Waals surface area (Å²) in [6.45, 7) is 0. The summed E-state index contributed by atoms with van der Waals surface area (Å²) in [6, 6.07) is 8.43. The first-order valence-corrected chi connectivity index (χ1v) is 6.22. The largest absolute Gasteiger partial charge is 0.398 e. The van der Waals surface area contributed by atoms with Crippen LogP contribution in [0.2, 0.25) is 5.15 Å². The molecule has 0 atom stereocenters. The number of halogens is 2. The zero-order valence-electron chi connectivity index (χ0n) is 9.15. The van der Waals surface area contributed by atoms with E-state index in [0.717, 1.165) is 4.47 Å². The number of nitrogens with one attached hydrogen (secondary N) is 1. The van der Waals surface area contributed by atoms with Gasteiger partial charge in [-0.25, -0.2) is 4.98 Å². The van der Waals surface area contributed by atoms with Gasteiger partial charge in [0.15, 0.2) is 5.15 Å². The molecule has 0 saturated heterocycles. The van der Waals surface area contributed by atoms with E-state index < -0.39 is 0 Å². The summed E-state index contributed by atoms with van der Waals surface area (Å²) in [5, 5.41) is 2.90. The molecule has 0 aliphatic heterocycles. The van der Waals surface area contributed by atoms with Crippen LogP contribution in [0.15, 0.2) is 41.0 Å². The van der Waals surface area contributed by atoms with Gasteiger partial charge in [-0.15, -0.1) is 0 Å². The smallest absolute Gasteiger partial charge is 0.257 e. The van der Waals surface area contributed by atoms with E-state index in [2.05, 4.69) is 26.2 Å². The minimum Gasteiger partial charge on any atom is -0.398 e. The Hall–Kier alpha value is -1.59. The average molecular weight is 327 g/mol. The third-order valence-corrected chi connectivity index (χ3v) is 3.06. The third kappa shape index (κ3) is 2.80. The molecule has 3 N–H and O–H groups in total. The molecule has 92 valence electrons. The Bertz CT molecular complexity index is 604. The molecule has 0 aliphatic carbocycles. The number of carbonyl (C=O) groups excluding carboxylic acids is 1. The molecule has 0 spiro atoms. The topological polar surface area (TPSA) is 68.0 Å². The van der Waals surface area contributed by atoms with Crippen molar-refractivity contribution in [3.63, 3.8) is 0 Å². The number of rotatable bonds is 2. The van der Waals surface area contributed by atoms with Crippen molar-refractivity contribution < 1.29 is 4.79 Å². The maximum atomic E-state index is 12.0. The standard InChI is InChI=1S/C12H9BrClN3O/c13-7-3-4-9(15)8(6-7)12(18)17-10-2-1-5-16-11(10)14/h1-6H,15H2,(H,17,18). The molecule has 1 amide bonds. The van der Waals surface area contributed by atoms with Crippen LogP contribution in [0.25, 0.3) is 0 Å². The van der Waals surface area contributed by atoms with Gasteiger partial charge in [0.1, 0.15) is 0 Å². The number of nitrogens with two attached hydrogens (primary N) is 1. The molecule has 0 aliphatic rings. The Kier molecular flexibility index (Phi) is 3.84. The van der Waals surface area contributed by atoms with E-state index in [9.17, 15) is 4.79 Å². The van der Waals surface area contributed by atoms with Crippen LogP contribution in [0.5, 0.6) is 0 Å². The number of carbonyl (C=O) groups is 1. The normalized spacial score (nSPS) is 10.1. The lowest BCUT2D eigenvalue weighted by Gasteiger charge is -2.08. The first-order chi connectivity index (χ1) is 8.58. The lowest BCUT2D eigenvalue weighted by molar-refractivity contribution is 0.102. The molecule has 0 saturated carbocycles. The number of hydrogen-bond donors (Lipinski definition) is 2. The Morgan fingerprint density at radius 2 is 2.17 bits per heavy atom. The number of nitrogens with zero attached hydrogens (tertiary/aromatic N) is 1. The lowest BCUT2D eigenvalue weighted by atomic mass is 10.1. The van der Waals surface area contributed by atoms with Gasteiger partial charge in [-0.2, -0.15) is 0 Å². The fourth-order valence-electron chi connectivity index (χ4n) is 1.39. The van der Waals surface area contributed by atoms with Gasteiger partial charge in [-0.3, -0.25) is 4.79 Å². The molecule has 0 fully saturated rings. The van der Waals surface area contributed by atoms with Gasteiger partial charge in [0, 0.05) is 16.4 Å². The molecule has 0 radical (unpaired) electrons. The molecule has 0 unspecified atom stereocenters. The maximum absolute atomic E-state index is 12.0. The van der Waals surface area contributed by atoms with Gasteiger partial charge in [-0.05, 0) is 30.3 Å². The van der Waals surface area contributed by atoms with E-state index in [1.54, 1.807) is 36.5 Å².